The van der Waals surface area contributed by atoms with Gasteiger partial charge in [-0.25, -0.2) is 4.79 Å². The maximum absolute atomic E-state index is 12.7. The Hall–Kier alpha value is -1.88. The van der Waals surface area contributed by atoms with E-state index in [1.165, 1.54) is 6.08 Å². The number of fused-ring (bicyclic) bond motifs is 2. The number of Topliss-reactive ketones (excluding diaryl/α,β-unsaturated/α-hetero) is 1. The number of hydrogen-bond donors (Lipinski definition) is 1. The second-order valence-electron chi connectivity index (χ2n) is 8.05. The summed E-state index contributed by atoms with van der Waals surface area (Å²) in [5.74, 6) is -0.544. The predicted octanol–water partition coefficient (Wildman–Crippen LogP) is 4.20. The number of esters is 1. The molecule has 0 amide bonds. The van der Waals surface area contributed by atoms with Crippen molar-refractivity contribution in [2.45, 2.75) is 66.1 Å². The van der Waals surface area contributed by atoms with Gasteiger partial charge in [0.15, 0.2) is 0 Å². The molecule has 0 spiro atoms. The van der Waals surface area contributed by atoms with E-state index in [-0.39, 0.29) is 11.7 Å². The molecule has 5 unspecified atom stereocenters. The maximum Gasteiger partial charge on any atom is 0.331 e. The number of ether oxygens (including phenoxy) is 1. The van der Waals surface area contributed by atoms with E-state index < -0.39 is 29.5 Å². The highest BCUT2D eigenvalue weighted by Gasteiger charge is 2.61. The van der Waals surface area contributed by atoms with Crippen molar-refractivity contribution < 1.29 is 23.8 Å². The third-order valence-electron chi connectivity index (χ3n) is 6.52. The number of rotatable bonds is 3. The Morgan fingerprint density at radius 3 is 2.85 bits per heavy atom. The predicted molar refractivity (Wildman–Crippen MR) is 96.3 cm³/mol. The van der Waals surface area contributed by atoms with Gasteiger partial charge in [0, 0.05) is 23.5 Å². The van der Waals surface area contributed by atoms with Gasteiger partial charge >= 0.3 is 5.97 Å². The summed E-state index contributed by atoms with van der Waals surface area (Å²) in [6.07, 6.45) is 3.39. The van der Waals surface area contributed by atoms with E-state index in [4.69, 9.17) is 9.15 Å². The standard InChI is InChI=1S/C21H28O5/c1-6-11(2)9-15(23)26-20-16-12(3)10-25-19(16)18(24)17-14(22)8-7-13(4)21(17,20)5/h9-10,13,17-18,20,24H,6-8H2,1-5H3. The summed E-state index contributed by atoms with van der Waals surface area (Å²) in [4.78, 5) is 25.2. The zero-order valence-corrected chi connectivity index (χ0v) is 16.2. The number of aliphatic hydroxyl groups is 1. The van der Waals surface area contributed by atoms with Crippen LogP contribution in [0.15, 0.2) is 22.3 Å². The molecule has 0 saturated heterocycles. The fourth-order valence-corrected chi connectivity index (χ4v) is 4.56. The molecule has 1 N–H and O–H groups in total. The lowest BCUT2D eigenvalue weighted by atomic mass is 9.53. The summed E-state index contributed by atoms with van der Waals surface area (Å²) in [5.41, 5.74) is 1.82. The summed E-state index contributed by atoms with van der Waals surface area (Å²) in [5, 5.41) is 10.9. The van der Waals surface area contributed by atoms with Gasteiger partial charge in [-0.15, -0.1) is 0 Å². The summed E-state index contributed by atoms with van der Waals surface area (Å²) in [7, 11) is 0. The van der Waals surface area contributed by atoms with Crippen molar-refractivity contribution in [1.82, 2.24) is 0 Å². The van der Waals surface area contributed by atoms with E-state index in [1.54, 1.807) is 6.26 Å². The first-order valence-corrected chi connectivity index (χ1v) is 9.38. The molecule has 1 saturated carbocycles. The van der Waals surface area contributed by atoms with Crippen molar-refractivity contribution in [2.75, 3.05) is 0 Å². The molecule has 5 heteroatoms. The third kappa shape index (κ3) is 2.73. The maximum atomic E-state index is 12.7. The van der Waals surface area contributed by atoms with Crippen LogP contribution in [0.25, 0.3) is 0 Å². The molecule has 2 aliphatic rings. The summed E-state index contributed by atoms with van der Waals surface area (Å²) in [6.45, 7) is 9.78. The zero-order chi connectivity index (χ0) is 19.2. The number of furan rings is 1. The van der Waals surface area contributed by atoms with Crippen molar-refractivity contribution in [2.24, 2.45) is 17.3 Å². The van der Waals surface area contributed by atoms with E-state index in [0.29, 0.717) is 17.7 Å². The van der Waals surface area contributed by atoms with Crippen LogP contribution < -0.4 is 0 Å². The number of carbonyl (C=O) groups is 2. The number of allylic oxidation sites excluding steroid dienone is 1. The Balaban J connectivity index is 2.12. The molecule has 3 rings (SSSR count). The molecule has 0 radical (unpaired) electrons. The van der Waals surface area contributed by atoms with Gasteiger partial charge in [-0.2, -0.15) is 0 Å². The van der Waals surface area contributed by atoms with Crippen molar-refractivity contribution in [1.29, 1.82) is 0 Å². The lowest BCUT2D eigenvalue weighted by molar-refractivity contribution is -0.180. The molecule has 0 aliphatic heterocycles. The molecule has 2 aliphatic carbocycles. The topological polar surface area (TPSA) is 76.7 Å². The second kappa shape index (κ2) is 6.69. The zero-order valence-electron chi connectivity index (χ0n) is 16.2. The minimum atomic E-state index is -0.998. The van der Waals surface area contributed by atoms with Gasteiger partial charge in [0.05, 0.1) is 12.2 Å². The van der Waals surface area contributed by atoms with Crippen LogP contribution in [-0.2, 0) is 14.3 Å². The number of aryl methyl sites for hydroxylation is 1. The summed E-state index contributed by atoms with van der Waals surface area (Å²) in [6, 6.07) is 0. The van der Waals surface area contributed by atoms with Crippen LogP contribution in [0.3, 0.4) is 0 Å². The summed E-state index contributed by atoms with van der Waals surface area (Å²) < 4.78 is 11.5. The van der Waals surface area contributed by atoms with Crippen molar-refractivity contribution in [3.05, 3.63) is 34.8 Å². The Morgan fingerprint density at radius 1 is 1.50 bits per heavy atom. The molecule has 1 aromatic rings. The average molecular weight is 360 g/mol. The fourth-order valence-electron chi connectivity index (χ4n) is 4.56. The Labute approximate surface area is 154 Å². The van der Waals surface area contributed by atoms with Gasteiger partial charge in [0.1, 0.15) is 23.8 Å². The molecule has 1 aromatic heterocycles. The smallest absolute Gasteiger partial charge is 0.331 e. The molecule has 5 nitrogen and oxygen atoms in total. The molecular formula is C21H28O5. The van der Waals surface area contributed by atoms with Crippen molar-refractivity contribution in [3.63, 3.8) is 0 Å². The Kier molecular flexibility index (Phi) is 4.86. The average Bonchev–Trinajstić information content (AvgIpc) is 2.97. The highest BCUT2D eigenvalue weighted by Crippen LogP contribution is 2.61. The van der Waals surface area contributed by atoms with Crippen LogP contribution in [0.2, 0.25) is 0 Å². The number of ketones is 1. The van der Waals surface area contributed by atoms with Crippen LogP contribution >= 0.6 is 0 Å². The lowest BCUT2D eigenvalue weighted by Crippen LogP contribution is -2.53. The van der Waals surface area contributed by atoms with Gasteiger partial charge in [-0.3, -0.25) is 4.79 Å². The fraction of sp³-hybridized carbons (Fsp3) is 0.619. The first-order valence-electron chi connectivity index (χ1n) is 9.38. The van der Waals surface area contributed by atoms with Crippen LogP contribution in [0.1, 0.15) is 76.1 Å². The minimum absolute atomic E-state index is 0.0131. The van der Waals surface area contributed by atoms with Crippen molar-refractivity contribution >= 4 is 11.8 Å². The monoisotopic (exact) mass is 360 g/mol. The van der Waals surface area contributed by atoms with Gasteiger partial charge < -0.3 is 14.3 Å². The Morgan fingerprint density at radius 2 is 2.19 bits per heavy atom. The number of carbonyl (C=O) groups excluding carboxylic acids is 2. The molecule has 26 heavy (non-hydrogen) atoms. The molecule has 0 bridgehead atoms. The van der Waals surface area contributed by atoms with E-state index in [9.17, 15) is 14.7 Å². The van der Waals surface area contributed by atoms with E-state index in [0.717, 1.165) is 24.0 Å². The number of aliphatic hydroxyl groups excluding tert-OH is 1. The van der Waals surface area contributed by atoms with Gasteiger partial charge in [-0.05, 0) is 38.2 Å². The lowest BCUT2D eigenvalue weighted by Gasteiger charge is -2.53. The molecule has 0 aromatic carbocycles. The normalized spacial score (nSPS) is 34.2. The Bertz CT molecular complexity index is 758. The molecule has 5 atom stereocenters. The second-order valence-corrected chi connectivity index (χ2v) is 8.05. The molecular weight excluding hydrogens is 332 g/mol. The number of hydrogen-bond acceptors (Lipinski definition) is 5. The van der Waals surface area contributed by atoms with Crippen LogP contribution in [0.5, 0.6) is 0 Å². The van der Waals surface area contributed by atoms with E-state index in [1.807, 2.05) is 27.7 Å². The SMILES string of the molecule is CCC(C)=CC(=O)OC1c2c(C)coc2C(O)C2C(=O)CCC(C)C12C. The first-order chi connectivity index (χ1) is 12.2. The first kappa shape index (κ1) is 18.9. The van der Waals surface area contributed by atoms with Crippen LogP contribution in [-0.4, -0.2) is 16.9 Å². The summed E-state index contributed by atoms with van der Waals surface area (Å²) >= 11 is 0. The largest absolute Gasteiger partial charge is 0.466 e. The van der Waals surface area contributed by atoms with Crippen LogP contribution in [0, 0.1) is 24.2 Å². The molecule has 1 fully saturated rings. The van der Waals surface area contributed by atoms with Gasteiger partial charge in [0.25, 0.3) is 0 Å². The highest BCUT2D eigenvalue weighted by atomic mass is 16.5. The van der Waals surface area contributed by atoms with Crippen molar-refractivity contribution in [3.8, 4) is 0 Å². The highest BCUT2D eigenvalue weighted by molar-refractivity contribution is 5.85. The molecule has 142 valence electrons. The third-order valence-corrected chi connectivity index (χ3v) is 6.52. The molecule has 1 heterocycles. The quantitative estimate of drug-likeness (QED) is 0.646. The van der Waals surface area contributed by atoms with Gasteiger partial charge in [0.2, 0.25) is 0 Å². The van der Waals surface area contributed by atoms with Crippen LogP contribution in [0.4, 0.5) is 0 Å². The minimum Gasteiger partial charge on any atom is -0.466 e. The van der Waals surface area contributed by atoms with E-state index >= 15 is 0 Å². The van der Waals surface area contributed by atoms with Gasteiger partial charge in [-0.1, -0.05) is 26.3 Å². The van der Waals surface area contributed by atoms with E-state index in [2.05, 4.69) is 6.92 Å².